The highest BCUT2D eigenvalue weighted by Gasteiger charge is 2.03. The van der Waals surface area contributed by atoms with E-state index in [0.29, 0.717) is 0 Å². The molecule has 0 atom stereocenters. The highest BCUT2D eigenvalue weighted by molar-refractivity contribution is 7.98. The van der Waals surface area contributed by atoms with Crippen molar-refractivity contribution < 1.29 is 9.90 Å². The first kappa shape index (κ1) is 12.7. The van der Waals surface area contributed by atoms with Crippen molar-refractivity contribution in [2.45, 2.75) is 10.9 Å². The minimum absolute atomic E-state index is 0.197. The first-order valence-corrected chi connectivity index (χ1v) is 7.09. The van der Waals surface area contributed by atoms with Gasteiger partial charge in [0.15, 0.2) is 5.16 Å². The molecule has 0 amide bonds. The number of carboxylic acid groups (broad SMARTS) is 1. The summed E-state index contributed by atoms with van der Waals surface area (Å²) in [7, 11) is 0. The van der Waals surface area contributed by atoms with Crippen LogP contribution in [0.5, 0.6) is 0 Å². The van der Waals surface area contributed by atoms with E-state index in [1.54, 1.807) is 36.0 Å². The maximum Gasteiger partial charge on any atom is 0.166 e. The molecule has 0 saturated carbocycles. The van der Waals surface area contributed by atoms with Crippen LogP contribution in [-0.2, 0) is 5.75 Å². The van der Waals surface area contributed by atoms with Gasteiger partial charge >= 0.3 is 0 Å². The van der Waals surface area contributed by atoms with E-state index in [-0.39, 0.29) is 5.56 Å². The maximum absolute atomic E-state index is 10.7. The molecule has 0 bridgehead atoms. The summed E-state index contributed by atoms with van der Waals surface area (Å²) in [6.07, 6.45) is 0. The standard InChI is InChI=1S/C15H12N2O2S/c18-14(19)11-7-5-10(6-8-11)9-20-15-16-12-3-1-2-4-13(12)17-15/h1-8H,9H2,(H,16,17)(H,18,19)/p-1. The monoisotopic (exact) mass is 283 g/mol. The molecule has 0 aliphatic heterocycles. The molecule has 100 valence electrons. The first-order valence-electron chi connectivity index (χ1n) is 6.10. The molecule has 1 aromatic heterocycles. The number of aromatic amines is 1. The Bertz CT molecular complexity index is 717. The van der Waals surface area contributed by atoms with Gasteiger partial charge in [0, 0.05) is 5.75 Å². The van der Waals surface area contributed by atoms with E-state index < -0.39 is 5.97 Å². The lowest BCUT2D eigenvalue weighted by Crippen LogP contribution is -2.21. The summed E-state index contributed by atoms with van der Waals surface area (Å²) in [5, 5.41) is 11.5. The Hall–Kier alpha value is -2.27. The van der Waals surface area contributed by atoms with Crippen LogP contribution in [0.4, 0.5) is 0 Å². The van der Waals surface area contributed by atoms with Crippen LogP contribution >= 0.6 is 11.8 Å². The predicted molar refractivity (Wildman–Crippen MR) is 76.4 cm³/mol. The van der Waals surface area contributed by atoms with Gasteiger partial charge in [0.1, 0.15) is 0 Å². The zero-order chi connectivity index (χ0) is 13.9. The van der Waals surface area contributed by atoms with E-state index in [9.17, 15) is 9.90 Å². The number of nitrogens with zero attached hydrogens (tertiary/aromatic N) is 1. The number of imidazole rings is 1. The minimum atomic E-state index is -1.15. The molecule has 0 aliphatic carbocycles. The van der Waals surface area contributed by atoms with Crippen LogP contribution in [-0.4, -0.2) is 15.9 Å². The average Bonchev–Trinajstić information content (AvgIpc) is 2.88. The van der Waals surface area contributed by atoms with Gasteiger partial charge in [-0.25, -0.2) is 4.98 Å². The van der Waals surface area contributed by atoms with Crippen molar-refractivity contribution in [3.63, 3.8) is 0 Å². The Morgan fingerprint density at radius 2 is 1.90 bits per heavy atom. The number of carbonyl (C=O) groups is 1. The molecule has 1 N–H and O–H groups in total. The van der Waals surface area contributed by atoms with Crippen LogP contribution in [0.3, 0.4) is 0 Å². The highest BCUT2D eigenvalue weighted by Crippen LogP contribution is 2.23. The second kappa shape index (κ2) is 5.38. The summed E-state index contributed by atoms with van der Waals surface area (Å²) in [4.78, 5) is 18.4. The summed E-state index contributed by atoms with van der Waals surface area (Å²) in [5.74, 6) is -0.422. The van der Waals surface area contributed by atoms with E-state index in [1.165, 1.54) is 0 Å². The van der Waals surface area contributed by atoms with Crippen LogP contribution in [0.25, 0.3) is 11.0 Å². The summed E-state index contributed by atoms with van der Waals surface area (Å²) >= 11 is 1.58. The quantitative estimate of drug-likeness (QED) is 0.745. The summed E-state index contributed by atoms with van der Waals surface area (Å²) < 4.78 is 0. The fourth-order valence-corrected chi connectivity index (χ4v) is 2.73. The number of hydrogen-bond donors (Lipinski definition) is 1. The number of hydrogen-bond acceptors (Lipinski definition) is 4. The van der Waals surface area contributed by atoms with Gasteiger partial charge in [0.05, 0.1) is 17.0 Å². The van der Waals surface area contributed by atoms with Gasteiger partial charge in [0.25, 0.3) is 0 Å². The van der Waals surface area contributed by atoms with Gasteiger partial charge in [-0.15, -0.1) is 0 Å². The molecule has 1 heterocycles. The Morgan fingerprint density at radius 3 is 2.60 bits per heavy atom. The van der Waals surface area contributed by atoms with E-state index in [2.05, 4.69) is 9.97 Å². The van der Waals surface area contributed by atoms with Crippen LogP contribution in [0, 0.1) is 0 Å². The zero-order valence-corrected chi connectivity index (χ0v) is 11.3. The number of fused-ring (bicyclic) bond motifs is 1. The van der Waals surface area contributed by atoms with Crippen LogP contribution in [0.2, 0.25) is 0 Å². The number of nitrogens with one attached hydrogen (secondary N) is 1. The molecule has 3 rings (SSSR count). The van der Waals surface area contributed by atoms with Gasteiger partial charge in [-0.2, -0.15) is 0 Å². The van der Waals surface area contributed by atoms with Gasteiger partial charge in [0.2, 0.25) is 0 Å². The highest BCUT2D eigenvalue weighted by atomic mass is 32.2. The van der Waals surface area contributed by atoms with Crippen LogP contribution in [0.15, 0.2) is 53.7 Å². The molecule has 0 spiro atoms. The smallest absolute Gasteiger partial charge is 0.166 e. The largest absolute Gasteiger partial charge is 0.545 e. The summed E-state index contributed by atoms with van der Waals surface area (Å²) in [6.45, 7) is 0. The topological polar surface area (TPSA) is 68.8 Å². The maximum atomic E-state index is 10.7. The molecule has 0 radical (unpaired) electrons. The number of benzene rings is 2. The lowest BCUT2D eigenvalue weighted by molar-refractivity contribution is -0.255. The number of carboxylic acids is 1. The number of rotatable bonds is 4. The Balaban J connectivity index is 1.71. The molecule has 20 heavy (non-hydrogen) atoms. The third kappa shape index (κ3) is 2.67. The summed E-state index contributed by atoms with van der Waals surface area (Å²) in [6, 6.07) is 14.6. The molecule has 0 unspecified atom stereocenters. The van der Waals surface area contributed by atoms with Crippen molar-refractivity contribution in [2.75, 3.05) is 0 Å². The van der Waals surface area contributed by atoms with Gasteiger partial charge in [-0.05, 0) is 23.3 Å². The zero-order valence-electron chi connectivity index (χ0n) is 10.5. The second-order valence-corrected chi connectivity index (χ2v) is 5.30. The van der Waals surface area contributed by atoms with Crippen molar-refractivity contribution in [3.8, 4) is 0 Å². The first-order chi connectivity index (χ1) is 9.72. The van der Waals surface area contributed by atoms with E-state index >= 15 is 0 Å². The average molecular weight is 283 g/mol. The third-order valence-corrected chi connectivity index (χ3v) is 3.88. The molecule has 4 nitrogen and oxygen atoms in total. The molecule has 0 fully saturated rings. The van der Waals surface area contributed by atoms with Crippen molar-refractivity contribution >= 4 is 28.8 Å². The number of carbonyl (C=O) groups excluding carboxylic acids is 1. The summed E-state index contributed by atoms with van der Waals surface area (Å²) in [5.41, 5.74) is 3.20. The fourth-order valence-electron chi connectivity index (χ4n) is 1.89. The molecular formula is C15H11N2O2S-. The van der Waals surface area contributed by atoms with Gasteiger partial charge in [-0.1, -0.05) is 48.2 Å². The number of aromatic carboxylic acids is 1. The number of para-hydroxylation sites is 2. The molecule has 5 heteroatoms. The Morgan fingerprint density at radius 1 is 1.15 bits per heavy atom. The van der Waals surface area contributed by atoms with Gasteiger partial charge < -0.3 is 14.9 Å². The van der Waals surface area contributed by atoms with E-state index in [4.69, 9.17) is 0 Å². The van der Waals surface area contributed by atoms with Crippen LogP contribution < -0.4 is 5.11 Å². The van der Waals surface area contributed by atoms with Crippen molar-refractivity contribution in [1.29, 1.82) is 0 Å². The fraction of sp³-hybridized carbons (Fsp3) is 0.0667. The molecule has 0 aliphatic rings. The van der Waals surface area contributed by atoms with Crippen LogP contribution in [0.1, 0.15) is 15.9 Å². The van der Waals surface area contributed by atoms with E-state index in [1.807, 2.05) is 24.3 Å². The number of aromatic nitrogens is 2. The lowest BCUT2D eigenvalue weighted by Gasteiger charge is -2.03. The Kier molecular flexibility index (Phi) is 3.43. The predicted octanol–water partition coefficient (Wildman–Crippen LogP) is 2.22. The minimum Gasteiger partial charge on any atom is -0.545 e. The van der Waals surface area contributed by atoms with E-state index in [0.717, 1.165) is 27.5 Å². The molecule has 0 saturated heterocycles. The number of H-pyrrole nitrogens is 1. The number of thioether (sulfide) groups is 1. The van der Waals surface area contributed by atoms with Crippen molar-refractivity contribution in [3.05, 3.63) is 59.7 Å². The third-order valence-electron chi connectivity index (χ3n) is 2.93. The SMILES string of the molecule is O=C([O-])c1ccc(CSc2nc3ccccc3[nH]2)cc1. The lowest BCUT2D eigenvalue weighted by atomic mass is 10.1. The molecular weight excluding hydrogens is 272 g/mol. The normalized spacial score (nSPS) is 10.8. The van der Waals surface area contributed by atoms with Crippen molar-refractivity contribution in [2.24, 2.45) is 0 Å². The Labute approximate surface area is 119 Å². The molecule has 2 aromatic carbocycles. The van der Waals surface area contributed by atoms with Gasteiger partial charge in [-0.3, -0.25) is 0 Å². The van der Waals surface area contributed by atoms with Crippen molar-refractivity contribution in [1.82, 2.24) is 9.97 Å². The molecule has 3 aromatic rings. The second-order valence-electron chi connectivity index (χ2n) is 4.33.